The molecule has 3 rings (SSSR count). The van der Waals surface area contributed by atoms with Crippen molar-refractivity contribution in [2.24, 2.45) is 12.8 Å². The Labute approximate surface area is 105 Å². The van der Waals surface area contributed by atoms with Gasteiger partial charge in [-0.25, -0.2) is 0 Å². The van der Waals surface area contributed by atoms with Crippen molar-refractivity contribution in [3.05, 3.63) is 11.9 Å². The van der Waals surface area contributed by atoms with Gasteiger partial charge in [0.2, 0.25) is 5.95 Å². The SMILES string of the molecule is Cc1c(-c2nc(N3CCC(N)C3)n[nH]2)cnn1C. The molecule has 1 fully saturated rings. The molecule has 2 aromatic rings. The first kappa shape index (κ1) is 11.2. The molecular formula is C11H17N7. The third-order valence-corrected chi connectivity index (χ3v) is 3.47. The Morgan fingerprint density at radius 3 is 2.94 bits per heavy atom. The molecule has 0 aromatic carbocycles. The minimum absolute atomic E-state index is 0.229. The molecule has 1 aliphatic rings. The number of aromatic nitrogens is 5. The Kier molecular flexibility index (Phi) is 2.55. The van der Waals surface area contributed by atoms with Crippen molar-refractivity contribution >= 4 is 5.95 Å². The molecule has 2 aromatic heterocycles. The van der Waals surface area contributed by atoms with E-state index in [0.717, 1.165) is 42.5 Å². The van der Waals surface area contributed by atoms with Gasteiger partial charge in [0, 0.05) is 31.9 Å². The fourth-order valence-corrected chi connectivity index (χ4v) is 2.21. The number of nitrogens with one attached hydrogen (secondary N) is 1. The third kappa shape index (κ3) is 1.76. The van der Waals surface area contributed by atoms with Gasteiger partial charge >= 0.3 is 0 Å². The zero-order valence-electron chi connectivity index (χ0n) is 10.6. The van der Waals surface area contributed by atoms with Crippen LogP contribution >= 0.6 is 0 Å². The molecule has 0 saturated carbocycles. The van der Waals surface area contributed by atoms with E-state index in [-0.39, 0.29) is 6.04 Å². The second-order valence-electron chi connectivity index (χ2n) is 4.75. The maximum atomic E-state index is 5.89. The molecule has 1 aliphatic heterocycles. The van der Waals surface area contributed by atoms with Crippen LogP contribution in [0.5, 0.6) is 0 Å². The number of hydrogen-bond donors (Lipinski definition) is 2. The minimum Gasteiger partial charge on any atom is -0.338 e. The van der Waals surface area contributed by atoms with E-state index in [0.29, 0.717) is 0 Å². The van der Waals surface area contributed by atoms with Crippen LogP contribution in [0, 0.1) is 6.92 Å². The molecule has 0 radical (unpaired) electrons. The van der Waals surface area contributed by atoms with Gasteiger partial charge in [-0.1, -0.05) is 0 Å². The molecule has 1 atom stereocenters. The summed E-state index contributed by atoms with van der Waals surface area (Å²) in [4.78, 5) is 6.63. The van der Waals surface area contributed by atoms with Gasteiger partial charge in [0.1, 0.15) is 0 Å². The van der Waals surface area contributed by atoms with Gasteiger partial charge < -0.3 is 10.6 Å². The molecule has 0 spiro atoms. The van der Waals surface area contributed by atoms with Crippen molar-refractivity contribution in [3.8, 4) is 11.4 Å². The van der Waals surface area contributed by atoms with Crippen LogP contribution in [-0.2, 0) is 7.05 Å². The van der Waals surface area contributed by atoms with Crippen LogP contribution in [0.3, 0.4) is 0 Å². The number of aryl methyl sites for hydroxylation is 1. The Hall–Kier alpha value is -1.89. The van der Waals surface area contributed by atoms with Gasteiger partial charge in [-0.05, 0) is 13.3 Å². The second kappa shape index (κ2) is 4.09. The summed E-state index contributed by atoms with van der Waals surface area (Å²) in [5.41, 5.74) is 7.94. The number of anilines is 1. The summed E-state index contributed by atoms with van der Waals surface area (Å²) in [6.45, 7) is 3.75. The van der Waals surface area contributed by atoms with Gasteiger partial charge in [-0.15, -0.1) is 5.10 Å². The Balaban J connectivity index is 1.87. The first-order chi connectivity index (χ1) is 8.65. The van der Waals surface area contributed by atoms with Crippen LogP contribution in [0.2, 0.25) is 0 Å². The number of aromatic amines is 1. The standard InChI is InChI=1S/C11H17N7/c1-7-9(5-13-17(7)2)10-14-11(16-15-10)18-4-3-8(12)6-18/h5,8H,3-4,6,12H2,1-2H3,(H,14,15,16). The zero-order valence-corrected chi connectivity index (χ0v) is 10.6. The highest BCUT2D eigenvalue weighted by atomic mass is 15.4. The summed E-state index contributed by atoms with van der Waals surface area (Å²) in [5, 5.41) is 11.4. The van der Waals surface area contributed by atoms with Crippen molar-refractivity contribution in [2.75, 3.05) is 18.0 Å². The van der Waals surface area contributed by atoms with Crippen LogP contribution in [-0.4, -0.2) is 44.1 Å². The second-order valence-corrected chi connectivity index (χ2v) is 4.75. The van der Waals surface area contributed by atoms with E-state index < -0.39 is 0 Å². The number of H-pyrrole nitrogens is 1. The van der Waals surface area contributed by atoms with Gasteiger partial charge in [-0.3, -0.25) is 9.78 Å². The Morgan fingerprint density at radius 2 is 2.33 bits per heavy atom. The summed E-state index contributed by atoms with van der Waals surface area (Å²) < 4.78 is 1.82. The average molecular weight is 247 g/mol. The Morgan fingerprint density at radius 1 is 1.50 bits per heavy atom. The van der Waals surface area contributed by atoms with Crippen molar-refractivity contribution in [2.45, 2.75) is 19.4 Å². The zero-order chi connectivity index (χ0) is 12.7. The van der Waals surface area contributed by atoms with Crippen molar-refractivity contribution < 1.29 is 0 Å². The van der Waals surface area contributed by atoms with Crippen molar-refractivity contribution in [1.82, 2.24) is 25.0 Å². The molecule has 7 nitrogen and oxygen atoms in total. The molecule has 0 amide bonds. The van der Waals surface area contributed by atoms with Gasteiger partial charge in [0.15, 0.2) is 5.82 Å². The smallest absolute Gasteiger partial charge is 0.245 e. The lowest BCUT2D eigenvalue weighted by molar-refractivity contribution is 0.740. The van der Waals surface area contributed by atoms with Crippen LogP contribution < -0.4 is 10.6 Å². The minimum atomic E-state index is 0.229. The summed E-state index contributed by atoms with van der Waals surface area (Å²) >= 11 is 0. The highest BCUT2D eigenvalue weighted by molar-refractivity contribution is 5.58. The molecule has 96 valence electrons. The summed E-state index contributed by atoms with van der Waals surface area (Å²) in [7, 11) is 1.91. The van der Waals surface area contributed by atoms with E-state index in [4.69, 9.17) is 5.73 Å². The van der Waals surface area contributed by atoms with E-state index >= 15 is 0 Å². The predicted octanol–water partition coefficient (Wildman–Crippen LogP) is 0.0510. The molecule has 3 N–H and O–H groups in total. The highest BCUT2D eigenvalue weighted by Crippen LogP contribution is 2.22. The van der Waals surface area contributed by atoms with E-state index in [2.05, 4.69) is 25.2 Å². The quantitative estimate of drug-likeness (QED) is 0.783. The topological polar surface area (TPSA) is 88.7 Å². The van der Waals surface area contributed by atoms with Gasteiger partial charge in [-0.2, -0.15) is 10.1 Å². The molecule has 18 heavy (non-hydrogen) atoms. The van der Waals surface area contributed by atoms with Crippen LogP contribution in [0.15, 0.2) is 6.20 Å². The largest absolute Gasteiger partial charge is 0.338 e. The maximum absolute atomic E-state index is 5.89. The molecule has 1 unspecified atom stereocenters. The molecular weight excluding hydrogens is 230 g/mol. The maximum Gasteiger partial charge on any atom is 0.245 e. The van der Waals surface area contributed by atoms with E-state index in [1.165, 1.54) is 0 Å². The molecule has 3 heterocycles. The third-order valence-electron chi connectivity index (χ3n) is 3.47. The average Bonchev–Trinajstić information content (AvgIpc) is 3.02. The fourth-order valence-electron chi connectivity index (χ4n) is 2.21. The highest BCUT2D eigenvalue weighted by Gasteiger charge is 2.23. The van der Waals surface area contributed by atoms with E-state index in [9.17, 15) is 0 Å². The van der Waals surface area contributed by atoms with Crippen LogP contribution in [0.4, 0.5) is 5.95 Å². The number of hydrogen-bond acceptors (Lipinski definition) is 5. The van der Waals surface area contributed by atoms with Crippen LogP contribution in [0.25, 0.3) is 11.4 Å². The Bertz CT molecular complexity index is 555. The molecule has 0 aliphatic carbocycles. The number of rotatable bonds is 2. The number of nitrogens with two attached hydrogens (primary N) is 1. The molecule has 0 bridgehead atoms. The summed E-state index contributed by atoms with van der Waals surface area (Å²) in [6, 6.07) is 0.229. The summed E-state index contributed by atoms with van der Waals surface area (Å²) in [5.74, 6) is 1.48. The normalized spacial score (nSPS) is 19.7. The summed E-state index contributed by atoms with van der Waals surface area (Å²) in [6.07, 6.45) is 2.80. The van der Waals surface area contributed by atoms with Crippen molar-refractivity contribution in [1.29, 1.82) is 0 Å². The first-order valence-electron chi connectivity index (χ1n) is 6.07. The van der Waals surface area contributed by atoms with Crippen LogP contribution in [0.1, 0.15) is 12.1 Å². The first-order valence-corrected chi connectivity index (χ1v) is 6.07. The molecule has 7 heteroatoms. The van der Waals surface area contributed by atoms with E-state index in [1.54, 1.807) is 6.20 Å². The van der Waals surface area contributed by atoms with Gasteiger partial charge in [0.05, 0.1) is 11.8 Å². The lowest BCUT2D eigenvalue weighted by Gasteiger charge is -2.11. The lowest BCUT2D eigenvalue weighted by Crippen LogP contribution is -2.26. The number of nitrogens with zero attached hydrogens (tertiary/aromatic N) is 5. The lowest BCUT2D eigenvalue weighted by atomic mass is 10.2. The van der Waals surface area contributed by atoms with Crippen molar-refractivity contribution in [3.63, 3.8) is 0 Å². The van der Waals surface area contributed by atoms with E-state index in [1.807, 2.05) is 18.7 Å². The van der Waals surface area contributed by atoms with Gasteiger partial charge in [0.25, 0.3) is 0 Å². The molecule has 1 saturated heterocycles. The predicted molar refractivity (Wildman–Crippen MR) is 68.1 cm³/mol. The monoisotopic (exact) mass is 247 g/mol. The fraction of sp³-hybridized carbons (Fsp3) is 0.545.